The molecule has 0 saturated carbocycles. The summed E-state index contributed by atoms with van der Waals surface area (Å²) in [6, 6.07) is 9.15. The molecule has 0 spiro atoms. The normalized spacial score (nSPS) is 27.2. The Labute approximate surface area is 143 Å². The van der Waals surface area contributed by atoms with Crippen LogP contribution in [0.2, 0.25) is 0 Å². The van der Waals surface area contributed by atoms with Crippen LogP contribution in [-0.4, -0.2) is 42.2 Å². The lowest BCUT2D eigenvalue weighted by molar-refractivity contribution is -0.117. The molecule has 2 aliphatic rings. The lowest BCUT2D eigenvalue weighted by Crippen LogP contribution is -2.52. The van der Waals surface area contributed by atoms with E-state index in [-0.39, 0.29) is 11.9 Å². The van der Waals surface area contributed by atoms with Gasteiger partial charge in [0, 0.05) is 31.8 Å². The highest BCUT2D eigenvalue weighted by Gasteiger charge is 2.33. The smallest absolute Gasteiger partial charge is 0.224 e. The quantitative estimate of drug-likeness (QED) is 0.918. The van der Waals surface area contributed by atoms with Crippen LogP contribution in [0.25, 0.3) is 0 Å². The predicted octanol–water partition coefficient (Wildman–Crippen LogP) is 3.08. The van der Waals surface area contributed by atoms with Gasteiger partial charge in [-0.25, -0.2) is 0 Å². The summed E-state index contributed by atoms with van der Waals surface area (Å²) in [6.45, 7) is 7.94. The highest BCUT2D eigenvalue weighted by molar-refractivity contribution is 8.00. The van der Waals surface area contributed by atoms with Crippen molar-refractivity contribution < 1.29 is 4.79 Å². The zero-order chi connectivity index (χ0) is 16.4. The first-order valence-electron chi connectivity index (χ1n) is 8.61. The van der Waals surface area contributed by atoms with Crippen LogP contribution in [0, 0.1) is 0 Å². The molecule has 0 radical (unpaired) electrons. The molecule has 23 heavy (non-hydrogen) atoms. The van der Waals surface area contributed by atoms with Gasteiger partial charge in [-0.2, -0.15) is 0 Å². The summed E-state index contributed by atoms with van der Waals surface area (Å²) in [4.78, 5) is 16.4. The molecule has 1 saturated heterocycles. The first-order chi connectivity index (χ1) is 11.1. The van der Waals surface area contributed by atoms with E-state index in [2.05, 4.69) is 42.3 Å². The lowest BCUT2D eigenvalue weighted by Gasteiger charge is -2.42. The molecule has 2 aliphatic heterocycles. The highest BCUT2D eigenvalue weighted by atomic mass is 32.2. The summed E-state index contributed by atoms with van der Waals surface area (Å²) in [7, 11) is 0. The van der Waals surface area contributed by atoms with E-state index in [4.69, 9.17) is 0 Å². The number of nitrogens with zero attached hydrogens (tertiary/aromatic N) is 2. The number of anilines is 2. The number of amides is 1. The summed E-state index contributed by atoms with van der Waals surface area (Å²) >= 11 is 2.03. The number of rotatable bonds is 4. The second kappa shape index (κ2) is 7.14. The Morgan fingerprint density at radius 2 is 2.09 bits per heavy atom. The fourth-order valence-corrected chi connectivity index (χ4v) is 5.04. The monoisotopic (exact) mass is 333 g/mol. The molecule has 1 aromatic rings. The molecule has 5 heteroatoms. The molecule has 0 aliphatic carbocycles. The molecule has 126 valence electrons. The number of benzene rings is 1. The molecule has 1 aromatic carbocycles. The number of hydrogen-bond acceptors (Lipinski definition) is 4. The van der Waals surface area contributed by atoms with Crippen molar-refractivity contribution >= 4 is 29.0 Å². The summed E-state index contributed by atoms with van der Waals surface area (Å²) in [5.74, 6) is 1.34. The van der Waals surface area contributed by atoms with Gasteiger partial charge in [0.15, 0.2) is 0 Å². The van der Waals surface area contributed by atoms with E-state index in [9.17, 15) is 4.79 Å². The van der Waals surface area contributed by atoms with Crippen molar-refractivity contribution in [1.29, 1.82) is 0 Å². The molecular formula is C18H27N3OS. The van der Waals surface area contributed by atoms with Crippen molar-refractivity contribution in [3.8, 4) is 0 Å². The molecule has 1 amide bonds. The zero-order valence-electron chi connectivity index (χ0n) is 14.3. The molecule has 0 bridgehead atoms. The van der Waals surface area contributed by atoms with Gasteiger partial charge in [-0.1, -0.05) is 25.5 Å². The van der Waals surface area contributed by atoms with Crippen LogP contribution in [0.5, 0.6) is 0 Å². The van der Waals surface area contributed by atoms with Crippen LogP contribution in [0.4, 0.5) is 11.4 Å². The van der Waals surface area contributed by atoms with E-state index in [0.717, 1.165) is 18.8 Å². The third-order valence-electron chi connectivity index (χ3n) is 4.69. The van der Waals surface area contributed by atoms with Crippen LogP contribution in [0.3, 0.4) is 0 Å². The van der Waals surface area contributed by atoms with Crippen LogP contribution in [-0.2, 0) is 4.79 Å². The number of nitrogens with one attached hydrogen (secondary N) is 1. The molecule has 3 atom stereocenters. The van der Waals surface area contributed by atoms with Gasteiger partial charge >= 0.3 is 0 Å². The van der Waals surface area contributed by atoms with Crippen LogP contribution < -0.4 is 15.1 Å². The maximum Gasteiger partial charge on any atom is 0.224 e. The van der Waals surface area contributed by atoms with Gasteiger partial charge in [0.05, 0.1) is 22.8 Å². The number of carbonyl (C=O) groups is 1. The summed E-state index contributed by atoms with van der Waals surface area (Å²) in [5.41, 5.74) is 2.23. The van der Waals surface area contributed by atoms with Gasteiger partial charge < -0.3 is 15.1 Å². The van der Waals surface area contributed by atoms with Crippen LogP contribution in [0.15, 0.2) is 24.3 Å². The summed E-state index contributed by atoms with van der Waals surface area (Å²) < 4.78 is 0. The van der Waals surface area contributed by atoms with E-state index >= 15 is 0 Å². The maximum absolute atomic E-state index is 12.0. The summed E-state index contributed by atoms with van der Waals surface area (Å²) in [5, 5.41) is 4.24. The Hall–Kier alpha value is -1.20. The van der Waals surface area contributed by atoms with Gasteiger partial charge in [-0.3, -0.25) is 4.79 Å². The Kier molecular flexibility index (Phi) is 5.17. The van der Waals surface area contributed by atoms with Crippen molar-refractivity contribution in [3.63, 3.8) is 0 Å². The predicted molar refractivity (Wildman–Crippen MR) is 99.4 cm³/mol. The molecular weight excluding hydrogens is 306 g/mol. The van der Waals surface area contributed by atoms with Crippen molar-refractivity contribution in [2.45, 2.75) is 51.1 Å². The fraction of sp³-hybridized carbons (Fsp3) is 0.611. The Morgan fingerprint density at radius 1 is 1.35 bits per heavy atom. The Morgan fingerprint density at radius 3 is 2.78 bits per heavy atom. The van der Waals surface area contributed by atoms with Gasteiger partial charge in [0.2, 0.25) is 5.91 Å². The van der Waals surface area contributed by atoms with E-state index in [1.54, 1.807) is 6.92 Å². The van der Waals surface area contributed by atoms with Gasteiger partial charge in [-0.05, 0) is 25.5 Å². The minimum Gasteiger partial charge on any atom is -0.365 e. The second-order valence-corrected chi connectivity index (χ2v) is 7.84. The Bertz CT molecular complexity index is 565. The fourth-order valence-electron chi connectivity index (χ4n) is 3.74. The van der Waals surface area contributed by atoms with Gasteiger partial charge in [-0.15, -0.1) is 11.8 Å². The SMILES string of the molecule is CCCC1CSC(CN2C[C@H](C)N(C(C)=O)c3ccccc32)N1. The van der Waals surface area contributed by atoms with Crippen molar-refractivity contribution in [3.05, 3.63) is 24.3 Å². The highest BCUT2D eigenvalue weighted by Crippen LogP contribution is 2.36. The molecule has 2 unspecified atom stereocenters. The van der Waals surface area contributed by atoms with Crippen molar-refractivity contribution in [2.75, 3.05) is 28.6 Å². The van der Waals surface area contributed by atoms with E-state index in [0.29, 0.717) is 11.4 Å². The van der Waals surface area contributed by atoms with Gasteiger partial charge in [0.1, 0.15) is 0 Å². The largest absolute Gasteiger partial charge is 0.365 e. The van der Waals surface area contributed by atoms with E-state index in [1.165, 1.54) is 24.3 Å². The van der Waals surface area contributed by atoms with Crippen LogP contribution in [0.1, 0.15) is 33.6 Å². The molecule has 1 fully saturated rings. The molecule has 4 nitrogen and oxygen atoms in total. The first-order valence-corrected chi connectivity index (χ1v) is 9.66. The van der Waals surface area contributed by atoms with Crippen molar-refractivity contribution in [1.82, 2.24) is 5.32 Å². The average molecular weight is 334 g/mol. The number of para-hydroxylation sites is 2. The second-order valence-electron chi connectivity index (χ2n) is 6.61. The topological polar surface area (TPSA) is 35.6 Å². The van der Waals surface area contributed by atoms with E-state index in [1.807, 2.05) is 22.7 Å². The third-order valence-corrected chi connectivity index (χ3v) is 5.97. The number of carbonyl (C=O) groups excluding carboxylic acids is 1. The molecule has 2 heterocycles. The zero-order valence-corrected chi connectivity index (χ0v) is 15.1. The molecule has 3 rings (SSSR count). The number of thioether (sulfide) groups is 1. The summed E-state index contributed by atoms with van der Waals surface area (Å²) in [6.07, 6.45) is 2.50. The lowest BCUT2D eigenvalue weighted by atomic mass is 10.1. The molecule has 0 aromatic heterocycles. The first kappa shape index (κ1) is 16.7. The Balaban J connectivity index is 1.76. The number of hydrogen-bond donors (Lipinski definition) is 1. The average Bonchev–Trinajstić information content (AvgIpc) is 2.94. The minimum absolute atomic E-state index is 0.126. The molecule has 1 N–H and O–H groups in total. The third kappa shape index (κ3) is 3.50. The standard InChI is InChI=1S/C18H27N3OS/c1-4-7-15-12-23-18(19-15)11-20-10-13(2)21(14(3)22)17-9-6-5-8-16(17)20/h5-6,8-9,13,15,18-19H,4,7,10-12H2,1-3H3/t13-,15?,18?/m0/s1. The maximum atomic E-state index is 12.0. The van der Waals surface area contributed by atoms with Crippen molar-refractivity contribution in [2.24, 2.45) is 0 Å². The van der Waals surface area contributed by atoms with Crippen LogP contribution >= 0.6 is 11.8 Å². The minimum atomic E-state index is 0.126. The van der Waals surface area contributed by atoms with Gasteiger partial charge in [0.25, 0.3) is 0 Å². The van der Waals surface area contributed by atoms with E-state index < -0.39 is 0 Å². The number of fused-ring (bicyclic) bond motifs is 1.